The molecule has 11 nitrogen and oxygen atoms in total. The van der Waals surface area contributed by atoms with Gasteiger partial charge in [0.25, 0.3) is 0 Å². The minimum atomic E-state index is -0.789. The molecule has 1 saturated heterocycles. The van der Waals surface area contributed by atoms with Gasteiger partial charge < -0.3 is 29.9 Å². The quantitative estimate of drug-likeness (QED) is 0.338. The molecule has 42 heavy (non-hydrogen) atoms. The Labute approximate surface area is 247 Å². The lowest BCUT2D eigenvalue weighted by Crippen LogP contribution is -2.61. The van der Waals surface area contributed by atoms with Crippen molar-refractivity contribution in [2.75, 3.05) is 31.6 Å². The first-order chi connectivity index (χ1) is 19.9. The third-order valence-corrected chi connectivity index (χ3v) is 9.89. The van der Waals surface area contributed by atoms with E-state index < -0.39 is 35.1 Å². The van der Waals surface area contributed by atoms with Crippen LogP contribution in [-0.4, -0.2) is 83.5 Å². The molecule has 3 fully saturated rings. The van der Waals surface area contributed by atoms with E-state index in [0.717, 1.165) is 0 Å². The van der Waals surface area contributed by atoms with Crippen LogP contribution in [0.15, 0.2) is 24.3 Å². The Hall–Kier alpha value is -3.18. The van der Waals surface area contributed by atoms with Crippen molar-refractivity contribution in [1.82, 2.24) is 10.2 Å². The van der Waals surface area contributed by atoms with Gasteiger partial charge in [-0.2, -0.15) is 0 Å². The van der Waals surface area contributed by atoms with Crippen molar-refractivity contribution in [3.05, 3.63) is 29.8 Å². The second-order valence-corrected chi connectivity index (χ2v) is 12.6. The molecule has 1 aliphatic heterocycles. The summed E-state index contributed by atoms with van der Waals surface area (Å²) >= 11 is 0. The highest BCUT2D eigenvalue weighted by molar-refractivity contribution is 5.92. The first-order valence-corrected chi connectivity index (χ1v) is 15.0. The number of nitrogens with one attached hydrogen (secondary N) is 2. The van der Waals surface area contributed by atoms with E-state index in [4.69, 9.17) is 9.47 Å². The number of likely N-dealkylation sites (tertiary alicyclic amines) is 1. The molecule has 1 heterocycles. The van der Waals surface area contributed by atoms with Gasteiger partial charge in [-0.1, -0.05) is 19.9 Å². The van der Waals surface area contributed by atoms with Gasteiger partial charge in [-0.15, -0.1) is 0 Å². The van der Waals surface area contributed by atoms with Gasteiger partial charge in [-0.3, -0.25) is 14.9 Å². The summed E-state index contributed by atoms with van der Waals surface area (Å²) in [6, 6.07) is 6.35. The molecule has 232 valence electrons. The molecule has 2 aliphatic carbocycles. The summed E-state index contributed by atoms with van der Waals surface area (Å²) in [6.07, 6.45) is 1.17. The summed E-state index contributed by atoms with van der Waals surface area (Å²) in [5, 5.41) is 27.4. The fourth-order valence-electron chi connectivity index (χ4n) is 7.70. The van der Waals surface area contributed by atoms with E-state index in [0.29, 0.717) is 56.4 Å². The molecule has 3 aliphatic rings. The maximum atomic E-state index is 13.4. The Bertz CT molecular complexity index is 1180. The largest absolute Gasteiger partial charge is 0.462 e. The number of anilines is 1. The third kappa shape index (κ3) is 6.57. The molecule has 4 rings (SSSR count). The van der Waals surface area contributed by atoms with Crippen LogP contribution in [0, 0.1) is 22.7 Å². The molecule has 1 aromatic carbocycles. The van der Waals surface area contributed by atoms with Crippen molar-refractivity contribution in [1.29, 1.82) is 0 Å². The molecular weight excluding hydrogens is 542 g/mol. The van der Waals surface area contributed by atoms with E-state index >= 15 is 0 Å². The predicted molar refractivity (Wildman–Crippen MR) is 154 cm³/mol. The highest BCUT2D eigenvalue weighted by Crippen LogP contribution is 2.61. The fourth-order valence-corrected chi connectivity index (χ4v) is 7.70. The van der Waals surface area contributed by atoms with Crippen LogP contribution in [0.3, 0.4) is 0 Å². The number of hydrogen-bond donors (Lipinski definition) is 4. The summed E-state index contributed by atoms with van der Waals surface area (Å²) in [5.74, 6) is -1.05. The lowest BCUT2D eigenvalue weighted by molar-refractivity contribution is -0.186. The second kappa shape index (κ2) is 13.0. The zero-order valence-corrected chi connectivity index (χ0v) is 25.1. The number of hydrogen-bond acceptors (Lipinski definition) is 8. The van der Waals surface area contributed by atoms with Crippen LogP contribution in [0.25, 0.3) is 0 Å². The molecule has 11 heteroatoms. The minimum Gasteiger partial charge on any atom is -0.462 e. The zero-order valence-electron chi connectivity index (χ0n) is 25.1. The van der Waals surface area contributed by atoms with Crippen LogP contribution >= 0.6 is 0 Å². The molecule has 0 spiro atoms. The zero-order chi connectivity index (χ0) is 30.7. The standard InChI is InChI=1S/C31H45N3O8/c1-5-41-28(39)20-7-6-8-21(15-20)33-29(40)42-26-11-13-30(3)23(24(37)9-10-25(30)31(26,4)18-35)16-27(38)34-14-12-22(17-34)32-19(2)36/h6-8,15,22-26,35,37H,5,9-14,16-18H2,1-4H3,(H,32,36)(H,33,40)/t22-,23+,24+,25+,26+,30-,31-/m0/s1. The van der Waals surface area contributed by atoms with E-state index in [1.54, 1.807) is 30.0 Å². The summed E-state index contributed by atoms with van der Waals surface area (Å²) in [6.45, 7) is 8.24. The van der Waals surface area contributed by atoms with Crippen LogP contribution in [0.4, 0.5) is 10.5 Å². The first-order valence-electron chi connectivity index (χ1n) is 15.0. The highest BCUT2D eigenvalue weighted by Gasteiger charge is 2.60. The van der Waals surface area contributed by atoms with E-state index in [1.165, 1.54) is 13.0 Å². The van der Waals surface area contributed by atoms with Crippen LogP contribution < -0.4 is 10.6 Å². The number of aliphatic hydroxyl groups is 2. The maximum absolute atomic E-state index is 13.4. The normalized spacial score (nSPS) is 32.4. The van der Waals surface area contributed by atoms with Gasteiger partial charge in [0, 0.05) is 43.6 Å². The van der Waals surface area contributed by atoms with Crippen molar-refractivity contribution in [3.8, 4) is 0 Å². The Morgan fingerprint density at radius 2 is 1.88 bits per heavy atom. The molecule has 3 amide bonds. The molecule has 7 atom stereocenters. The monoisotopic (exact) mass is 587 g/mol. The van der Waals surface area contributed by atoms with Gasteiger partial charge in [-0.25, -0.2) is 9.59 Å². The topological polar surface area (TPSA) is 154 Å². The van der Waals surface area contributed by atoms with Crippen LogP contribution in [0.1, 0.15) is 76.6 Å². The third-order valence-electron chi connectivity index (χ3n) is 9.89. The molecule has 0 bridgehead atoms. The van der Waals surface area contributed by atoms with Crippen molar-refractivity contribution in [3.63, 3.8) is 0 Å². The lowest BCUT2D eigenvalue weighted by atomic mass is 9.46. The number of ether oxygens (including phenoxy) is 2. The molecule has 0 unspecified atom stereocenters. The van der Waals surface area contributed by atoms with Gasteiger partial charge in [0.05, 0.1) is 24.9 Å². The Morgan fingerprint density at radius 3 is 2.57 bits per heavy atom. The van der Waals surface area contributed by atoms with Crippen molar-refractivity contribution in [2.45, 2.75) is 84.5 Å². The summed E-state index contributed by atoms with van der Waals surface area (Å²) in [5.41, 5.74) is -0.544. The number of nitrogens with zero attached hydrogens (tertiary/aromatic N) is 1. The summed E-state index contributed by atoms with van der Waals surface area (Å²) in [4.78, 5) is 51.7. The highest BCUT2D eigenvalue weighted by atomic mass is 16.6. The Kier molecular flexibility index (Phi) is 9.82. The maximum Gasteiger partial charge on any atom is 0.411 e. The average Bonchev–Trinajstić information content (AvgIpc) is 3.40. The van der Waals surface area contributed by atoms with Gasteiger partial charge in [0.15, 0.2) is 0 Å². The van der Waals surface area contributed by atoms with E-state index in [2.05, 4.69) is 17.6 Å². The Morgan fingerprint density at radius 1 is 1.12 bits per heavy atom. The average molecular weight is 588 g/mol. The molecule has 1 aromatic rings. The van der Waals surface area contributed by atoms with Crippen molar-refractivity contribution < 1.29 is 38.9 Å². The minimum absolute atomic E-state index is 0.0396. The number of fused-ring (bicyclic) bond motifs is 1. The van der Waals surface area contributed by atoms with Crippen molar-refractivity contribution in [2.24, 2.45) is 22.7 Å². The van der Waals surface area contributed by atoms with Crippen molar-refractivity contribution >= 4 is 29.6 Å². The van der Waals surface area contributed by atoms with E-state index in [1.807, 2.05) is 6.92 Å². The number of benzene rings is 1. The second-order valence-electron chi connectivity index (χ2n) is 12.6. The smallest absolute Gasteiger partial charge is 0.411 e. The number of rotatable bonds is 8. The predicted octanol–water partition coefficient (Wildman–Crippen LogP) is 3.09. The Balaban J connectivity index is 1.44. The summed E-state index contributed by atoms with van der Waals surface area (Å²) in [7, 11) is 0. The van der Waals surface area contributed by atoms with Gasteiger partial charge in [0.2, 0.25) is 11.8 Å². The molecule has 2 saturated carbocycles. The fraction of sp³-hybridized carbons (Fsp3) is 0.677. The van der Waals surface area contributed by atoms with E-state index in [9.17, 15) is 29.4 Å². The lowest BCUT2D eigenvalue weighted by Gasteiger charge is -2.60. The van der Waals surface area contributed by atoms with Gasteiger partial charge in [0.1, 0.15) is 6.10 Å². The number of aliphatic hydroxyl groups excluding tert-OH is 2. The number of carbonyl (C=O) groups excluding carboxylic acids is 4. The van der Waals surface area contributed by atoms with Gasteiger partial charge >= 0.3 is 12.1 Å². The van der Waals surface area contributed by atoms with Crippen LogP contribution in [0.5, 0.6) is 0 Å². The van der Waals surface area contributed by atoms with Crippen LogP contribution in [0.2, 0.25) is 0 Å². The first kappa shape index (κ1) is 31.7. The molecule has 0 radical (unpaired) electrons. The number of amides is 3. The van der Waals surface area contributed by atoms with E-state index in [-0.39, 0.29) is 49.3 Å². The number of esters is 1. The molecule has 0 aromatic heterocycles. The van der Waals surface area contributed by atoms with Crippen LogP contribution in [-0.2, 0) is 19.1 Å². The SMILES string of the molecule is CCOC(=O)c1cccc(NC(=O)O[C@@H]2CC[C@]3(C)[C@@H](CC[C@@H](O)[C@H]3CC(=O)N3CC[C@H](NC(C)=O)C3)[C@]2(C)CO)c1. The summed E-state index contributed by atoms with van der Waals surface area (Å²) < 4.78 is 10.9. The molecular formula is C31H45N3O8. The van der Waals surface area contributed by atoms with Gasteiger partial charge in [-0.05, 0) is 74.5 Å². The number of carbonyl (C=O) groups is 4. The molecule has 4 N–H and O–H groups in total.